The molecule has 1 fully saturated rings. The van der Waals surface area contributed by atoms with Gasteiger partial charge in [-0.25, -0.2) is 4.39 Å². The molecule has 1 aliphatic carbocycles. The van der Waals surface area contributed by atoms with Crippen LogP contribution in [0.25, 0.3) is 11.4 Å². The van der Waals surface area contributed by atoms with Gasteiger partial charge in [0.1, 0.15) is 5.82 Å². The van der Waals surface area contributed by atoms with E-state index in [9.17, 15) is 4.39 Å². The Balaban J connectivity index is 1.94. The van der Waals surface area contributed by atoms with Crippen molar-refractivity contribution in [3.63, 3.8) is 0 Å². The standard InChI is InChI=1S/C14H16FN3O/c1-9-4-5-10(8-11(9)15)12-17-13(19-18-12)14(16)6-2-3-7-14/h4-5,8H,2-3,6-7,16H2,1H3. The maximum atomic E-state index is 13.5. The van der Waals surface area contributed by atoms with Crippen LogP contribution in [0.3, 0.4) is 0 Å². The highest BCUT2D eigenvalue weighted by atomic mass is 19.1. The maximum Gasteiger partial charge on any atom is 0.247 e. The molecule has 1 aliphatic rings. The van der Waals surface area contributed by atoms with E-state index in [1.54, 1.807) is 19.1 Å². The van der Waals surface area contributed by atoms with Crippen molar-refractivity contribution in [1.82, 2.24) is 10.1 Å². The van der Waals surface area contributed by atoms with Crippen LogP contribution in [0.5, 0.6) is 0 Å². The minimum absolute atomic E-state index is 0.271. The molecule has 0 radical (unpaired) electrons. The molecule has 19 heavy (non-hydrogen) atoms. The van der Waals surface area contributed by atoms with Gasteiger partial charge in [0.2, 0.25) is 11.7 Å². The van der Waals surface area contributed by atoms with Crippen LogP contribution in [0.2, 0.25) is 0 Å². The Morgan fingerprint density at radius 2 is 2.05 bits per heavy atom. The number of hydrogen-bond acceptors (Lipinski definition) is 4. The predicted molar refractivity (Wildman–Crippen MR) is 68.8 cm³/mol. The van der Waals surface area contributed by atoms with E-state index in [-0.39, 0.29) is 5.82 Å². The van der Waals surface area contributed by atoms with Crippen LogP contribution in [0.4, 0.5) is 4.39 Å². The molecule has 0 aliphatic heterocycles. The number of hydrogen-bond donors (Lipinski definition) is 1. The molecule has 0 spiro atoms. The number of nitrogens with two attached hydrogens (primary N) is 1. The van der Waals surface area contributed by atoms with Gasteiger partial charge in [-0.05, 0) is 31.4 Å². The quantitative estimate of drug-likeness (QED) is 0.902. The Labute approximate surface area is 110 Å². The van der Waals surface area contributed by atoms with Gasteiger partial charge in [-0.3, -0.25) is 0 Å². The van der Waals surface area contributed by atoms with Gasteiger partial charge in [0.05, 0.1) is 5.54 Å². The van der Waals surface area contributed by atoms with Crippen molar-refractivity contribution < 1.29 is 8.91 Å². The lowest BCUT2D eigenvalue weighted by Gasteiger charge is -2.17. The summed E-state index contributed by atoms with van der Waals surface area (Å²) in [6.45, 7) is 1.72. The van der Waals surface area contributed by atoms with Crippen LogP contribution in [0.15, 0.2) is 22.7 Å². The molecule has 1 heterocycles. The van der Waals surface area contributed by atoms with Crippen LogP contribution < -0.4 is 5.73 Å². The van der Waals surface area contributed by atoms with Gasteiger partial charge in [-0.2, -0.15) is 4.98 Å². The van der Waals surface area contributed by atoms with Gasteiger partial charge in [0.25, 0.3) is 0 Å². The summed E-state index contributed by atoms with van der Waals surface area (Å²) in [6.07, 6.45) is 3.87. The molecule has 1 aromatic heterocycles. The number of nitrogens with zero attached hydrogens (tertiary/aromatic N) is 2. The summed E-state index contributed by atoms with van der Waals surface area (Å²) in [6, 6.07) is 4.90. The minimum Gasteiger partial charge on any atom is -0.337 e. The topological polar surface area (TPSA) is 64.9 Å². The second-order valence-electron chi connectivity index (χ2n) is 5.25. The highest BCUT2D eigenvalue weighted by Gasteiger charge is 2.36. The number of rotatable bonds is 2. The van der Waals surface area contributed by atoms with E-state index in [2.05, 4.69) is 10.1 Å². The summed E-state index contributed by atoms with van der Waals surface area (Å²) >= 11 is 0. The van der Waals surface area contributed by atoms with Crippen molar-refractivity contribution in [2.45, 2.75) is 38.1 Å². The fourth-order valence-electron chi connectivity index (χ4n) is 2.49. The summed E-state index contributed by atoms with van der Waals surface area (Å²) < 4.78 is 18.8. The molecule has 0 saturated heterocycles. The number of aromatic nitrogens is 2. The first-order chi connectivity index (χ1) is 9.08. The SMILES string of the molecule is Cc1ccc(-c2noc(C3(N)CCCC3)n2)cc1F. The first-order valence-electron chi connectivity index (χ1n) is 6.48. The summed E-state index contributed by atoms with van der Waals surface area (Å²) in [7, 11) is 0. The summed E-state index contributed by atoms with van der Waals surface area (Å²) in [4.78, 5) is 4.34. The van der Waals surface area contributed by atoms with Crippen LogP contribution in [-0.4, -0.2) is 10.1 Å². The van der Waals surface area contributed by atoms with Gasteiger partial charge < -0.3 is 10.3 Å². The average Bonchev–Trinajstić information content (AvgIpc) is 3.02. The highest BCUT2D eigenvalue weighted by Crippen LogP contribution is 2.36. The number of halogens is 1. The molecule has 2 aromatic rings. The van der Waals surface area contributed by atoms with Crippen LogP contribution in [0, 0.1) is 12.7 Å². The van der Waals surface area contributed by atoms with E-state index in [1.165, 1.54) is 6.07 Å². The normalized spacial score (nSPS) is 17.8. The molecule has 3 rings (SSSR count). The lowest BCUT2D eigenvalue weighted by atomic mass is 9.99. The highest BCUT2D eigenvalue weighted by molar-refractivity contribution is 5.55. The minimum atomic E-state index is -0.505. The fourth-order valence-corrected chi connectivity index (χ4v) is 2.49. The van der Waals surface area contributed by atoms with E-state index in [4.69, 9.17) is 10.3 Å². The van der Waals surface area contributed by atoms with Crippen LogP contribution in [0.1, 0.15) is 37.1 Å². The van der Waals surface area contributed by atoms with Crippen molar-refractivity contribution in [1.29, 1.82) is 0 Å². The van der Waals surface area contributed by atoms with E-state index in [0.717, 1.165) is 25.7 Å². The molecule has 1 aromatic carbocycles. The zero-order valence-electron chi connectivity index (χ0n) is 10.8. The molecular formula is C14H16FN3O. The van der Waals surface area contributed by atoms with Gasteiger partial charge in [-0.15, -0.1) is 0 Å². The molecule has 0 atom stereocenters. The molecule has 0 amide bonds. The zero-order chi connectivity index (χ0) is 13.5. The molecule has 100 valence electrons. The van der Waals surface area contributed by atoms with Crippen molar-refractivity contribution in [3.8, 4) is 11.4 Å². The average molecular weight is 261 g/mol. The molecule has 2 N–H and O–H groups in total. The Morgan fingerprint density at radius 1 is 1.32 bits per heavy atom. The number of aryl methyl sites for hydroxylation is 1. The largest absolute Gasteiger partial charge is 0.337 e. The molecular weight excluding hydrogens is 245 g/mol. The van der Waals surface area contributed by atoms with Gasteiger partial charge in [0, 0.05) is 5.56 Å². The van der Waals surface area contributed by atoms with Crippen LogP contribution >= 0.6 is 0 Å². The third-order valence-electron chi connectivity index (χ3n) is 3.78. The Bertz CT molecular complexity index is 602. The Hall–Kier alpha value is -1.75. The third-order valence-corrected chi connectivity index (χ3v) is 3.78. The monoisotopic (exact) mass is 261 g/mol. The van der Waals surface area contributed by atoms with Crippen LogP contribution in [-0.2, 0) is 5.54 Å². The van der Waals surface area contributed by atoms with Gasteiger partial charge in [-0.1, -0.05) is 30.1 Å². The number of benzene rings is 1. The van der Waals surface area contributed by atoms with E-state index in [1.807, 2.05) is 0 Å². The molecule has 0 unspecified atom stereocenters. The van der Waals surface area contributed by atoms with Crippen molar-refractivity contribution in [2.75, 3.05) is 0 Å². The summed E-state index contributed by atoms with van der Waals surface area (Å²) in [5.41, 5.74) is 6.96. The zero-order valence-corrected chi connectivity index (χ0v) is 10.8. The first-order valence-corrected chi connectivity index (χ1v) is 6.48. The van der Waals surface area contributed by atoms with E-state index < -0.39 is 5.54 Å². The summed E-state index contributed by atoms with van der Waals surface area (Å²) in [5.74, 6) is 0.582. The second kappa shape index (κ2) is 4.42. The third kappa shape index (κ3) is 2.14. The van der Waals surface area contributed by atoms with Gasteiger partial charge in [0.15, 0.2) is 0 Å². The lowest BCUT2D eigenvalue weighted by Crippen LogP contribution is -2.33. The Morgan fingerprint density at radius 3 is 2.74 bits per heavy atom. The smallest absolute Gasteiger partial charge is 0.247 e. The second-order valence-corrected chi connectivity index (χ2v) is 5.25. The van der Waals surface area contributed by atoms with Gasteiger partial charge >= 0.3 is 0 Å². The van der Waals surface area contributed by atoms with E-state index in [0.29, 0.717) is 22.8 Å². The Kier molecular flexibility index (Phi) is 2.86. The maximum absolute atomic E-state index is 13.5. The van der Waals surface area contributed by atoms with Crippen molar-refractivity contribution in [2.24, 2.45) is 5.73 Å². The predicted octanol–water partition coefficient (Wildman–Crippen LogP) is 2.91. The molecule has 0 bridgehead atoms. The van der Waals surface area contributed by atoms with Crippen molar-refractivity contribution >= 4 is 0 Å². The van der Waals surface area contributed by atoms with Crippen molar-refractivity contribution in [3.05, 3.63) is 35.5 Å². The summed E-state index contributed by atoms with van der Waals surface area (Å²) in [5, 5.41) is 3.91. The lowest BCUT2D eigenvalue weighted by molar-refractivity contribution is 0.285. The van der Waals surface area contributed by atoms with E-state index >= 15 is 0 Å². The molecule has 1 saturated carbocycles. The fraction of sp³-hybridized carbons (Fsp3) is 0.429. The molecule has 5 heteroatoms. The molecule has 4 nitrogen and oxygen atoms in total. The first kappa shape index (κ1) is 12.3.